The van der Waals surface area contributed by atoms with Crippen molar-refractivity contribution in [1.82, 2.24) is 4.90 Å². The van der Waals surface area contributed by atoms with E-state index in [1.807, 2.05) is 12.1 Å². The highest BCUT2D eigenvalue weighted by atomic mass is 19.3. The summed E-state index contributed by atoms with van der Waals surface area (Å²) < 4.78 is 41.9. The molecule has 5 heteroatoms. The topological polar surface area (TPSA) is 21.7 Å². The van der Waals surface area contributed by atoms with Crippen LogP contribution in [0.5, 0.6) is 11.5 Å². The fraction of sp³-hybridized carbons (Fsp3) is 0.520. The first-order chi connectivity index (χ1) is 14.5. The van der Waals surface area contributed by atoms with Gasteiger partial charge in [-0.2, -0.15) is 0 Å². The second kappa shape index (κ2) is 6.43. The van der Waals surface area contributed by atoms with E-state index in [4.69, 9.17) is 9.47 Å². The lowest BCUT2D eigenvalue weighted by Gasteiger charge is -2.59. The number of halogens is 2. The van der Waals surface area contributed by atoms with Gasteiger partial charge in [0, 0.05) is 30.0 Å². The molecule has 4 aliphatic rings. The van der Waals surface area contributed by atoms with Gasteiger partial charge in [-0.05, 0) is 55.3 Å². The SMILES string of the molecule is COc1ccc2c3c1OC1C(F)(F)CC[C@H]4[C@@H](C2)N(CCc2ccccc2)CC[C@]314. The van der Waals surface area contributed by atoms with Gasteiger partial charge in [-0.3, -0.25) is 4.90 Å². The van der Waals surface area contributed by atoms with E-state index in [1.54, 1.807) is 7.11 Å². The lowest BCUT2D eigenvalue weighted by atomic mass is 9.51. The molecule has 2 aliphatic heterocycles. The van der Waals surface area contributed by atoms with E-state index in [-0.39, 0.29) is 12.3 Å². The molecule has 0 amide bonds. The van der Waals surface area contributed by atoms with Crippen molar-refractivity contribution in [3.8, 4) is 11.5 Å². The molecule has 2 heterocycles. The zero-order valence-electron chi connectivity index (χ0n) is 17.2. The average molecular weight is 411 g/mol. The summed E-state index contributed by atoms with van der Waals surface area (Å²) in [6, 6.07) is 14.8. The van der Waals surface area contributed by atoms with Crippen LogP contribution < -0.4 is 9.47 Å². The van der Waals surface area contributed by atoms with Crippen LogP contribution in [0, 0.1) is 5.92 Å². The number of hydrogen-bond acceptors (Lipinski definition) is 3. The van der Waals surface area contributed by atoms with Gasteiger partial charge < -0.3 is 9.47 Å². The molecule has 30 heavy (non-hydrogen) atoms. The Labute approximate surface area is 176 Å². The van der Waals surface area contributed by atoms with Crippen molar-refractivity contribution in [2.75, 3.05) is 20.2 Å². The third-order valence-corrected chi connectivity index (χ3v) is 8.14. The van der Waals surface area contributed by atoms with E-state index < -0.39 is 17.4 Å². The first kappa shape index (κ1) is 18.6. The normalized spacial score (nSPS) is 33.0. The van der Waals surface area contributed by atoms with E-state index in [2.05, 4.69) is 35.2 Å². The number of benzene rings is 2. The smallest absolute Gasteiger partial charge is 0.285 e. The van der Waals surface area contributed by atoms with Crippen LogP contribution in [-0.4, -0.2) is 43.2 Å². The first-order valence-corrected chi connectivity index (χ1v) is 11.1. The number of likely N-dealkylation sites (tertiary alicyclic amines) is 1. The summed E-state index contributed by atoms with van der Waals surface area (Å²) in [7, 11) is 1.59. The van der Waals surface area contributed by atoms with Crippen molar-refractivity contribution in [3.63, 3.8) is 0 Å². The third-order valence-electron chi connectivity index (χ3n) is 8.14. The lowest BCUT2D eigenvalue weighted by molar-refractivity contribution is -0.181. The minimum Gasteiger partial charge on any atom is -0.493 e. The highest BCUT2D eigenvalue weighted by molar-refractivity contribution is 5.61. The summed E-state index contributed by atoms with van der Waals surface area (Å²) >= 11 is 0. The summed E-state index contributed by atoms with van der Waals surface area (Å²) in [5.41, 5.74) is 2.97. The largest absolute Gasteiger partial charge is 0.493 e. The lowest BCUT2D eigenvalue weighted by Crippen LogP contribution is -2.68. The summed E-state index contributed by atoms with van der Waals surface area (Å²) in [4.78, 5) is 2.56. The van der Waals surface area contributed by atoms with Crippen molar-refractivity contribution in [2.24, 2.45) is 5.92 Å². The summed E-state index contributed by atoms with van der Waals surface area (Å²) in [6.07, 6.45) is 2.06. The molecule has 6 rings (SSSR count). The molecule has 2 fully saturated rings. The zero-order chi connectivity index (χ0) is 20.5. The Hall–Kier alpha value is -2.14. The molecule has 2 bridgehead atoms. The van der Waals surface area contributed by atoms with Crippen LogP contribution in [0.3, 0.4) is 0 Å². The summed E-state index contributed by atoms with van der Waals surface area (Å²) in [5, 5.41) is 0. The van der Waals surface area contributed by atoms with Gasteiger partial charge in [-0.15, -0.1) is 0 Å². The van der Waals surface area contributed by atoms with Crippen LogP contribution in [-0.2, 0) is 18.3 Å². The molecular weight excluding hydrogens is 384 g/mol. The Kier molecular flexibility index (Phi) is 3.99. The number of methoxy groups -OCH3 is 1. The molecular formula is C25H27F2NO2. The molecule has 4 atom stereocenters. The van der Waals surface area contributed by atoms with Crippen LogP contribution in [0.1, 0.15) is 36.0 Å². The number of rotatable bonds is 4. The van der Waals surface area contributed by atoms with Gasteiger partial charge in [0.2, 0.25) is 0 Å². The number of ether oxygens (including phenoxy) is 2. The number of nitrogens with zero attached hydrogens (tertiary/aromatic N) is 1. The molecule has 158 valence electrons. The van der Waals surface area contributed by atoms with E-state index in [0.717, 1.165) is 37.9 Å². The van der Waals surface area contributed by atoms with E-state index in [1.165, 1.54) is 11.1 Å². The van der Waals surface area contributed by atoms with Gasteiger partial charge in [0.1, 0.15) is 0 Å². The maximum absolute atomic E-state index is 15.2. The van der Waals surface area contributed by atoms with Crippen molar-refractivity contribution >= 4 is 0 Å². The molecule has 2 aromatic rings. The van der Waals surface area contributed by atoms with Crippen molar-refractivity contribution in [1.29, 1.82) is 0 Å². The van der Waals surface area contributed by atoms with Gasteiger partial charge in [-0.1, -0.05) is 36.4 Å². The molecule has 0 aromatic heterocycles. The van der Waals surface area contributed by atoms with Crippen LogP contribution >= 0.6 is 0 Å². The summed E-state index contributed by atoms with van der Waals surface area (Å²) in [5.74, 6) is -1.40. The van der Waals surface area contributed by atoms with E-state index in [0.29, 0.717) is 24.0 Å². The van der Waals surface area contributed by atoms with Crippen LogP contribution in [0.15, 0.2) is 42.5 Å². The van der Waals surface area contributed by atoms with Gasteiger partial charge in [0.25, 0.3) is 5.92 Å². The molecule has 0 radical (unpaired) electrons. The molecule has 1 unspecified atom stereocenters. The maximum atomic E-state index is 15.2. The Morgan fingerprint density at radius 1 is 1.13 bits per heavy atom. The molecule has 2 aromatic carbocycles. The maximum Gasteiger partial charge on any atom is 0.285 e. The van der Waals surface area contributed by atoms with Crippen molar-refractivity contribution in [3.05, 3.63) is 59.2 Å². The number of alkyl halides is 2. The Morgan fingerprint density at radius 2 is 1.97 bits per heavy atom. The van der Waals surface area contributed by atoms with Crippen molar-refractivity contribution in [2.45, 2.75) is 55.6 Å². The second-order valence-corrected chi connectivity index (χ2v) is 9.37. The molecule has 3 nitrogen and oxygen atoms in total. The predicted molar refractivity (Wildman–Crippen MR) is 111 cm³/mol. The van der Waals surface area contributed by atoms with Crippen molar-refractivity contribution < 1.29 is 18.3 Å². The average Bonchev–Trinajstić information content (AvgIpc) is 3.11. The quantitative estimate of drug-likeness (QED) is 0.733. The highest BCUT2D eigenvalue weighted by Crippen LogP contribution is 2.66. The minimum absolute atomic E-state index is 0.0846. The fourth-order valence-electron chi connectivity index (χ4n) is 6.91. The fourth-order valence-corrected chi connectivity index (χ4v) is 6.91. The monoisotopic (exact) mass is 411 g/mol. The van der Waals surface area contributed by atoms with Gasteiger partial charge >= 0.3 is 0 Å². The molecule has 1 saturated heterocycles. The molecule has 1 spiro atoms. The third kappa shape index (κ3) is 2.38. The van der Waals surface area contributed by atoms with Crippen LogP contribution in [0.2, 0.25) is 0 Å². The standard InChI is InChI=1S/C25H27F2NO2/c1-29-20-8-7-17-15-19-18-9-11-25(26,27)23-24(18,21(17)22(20)30-23)12-14-28(19)13-10-16-5-3-2-4-6-16/h2-8,18-19,23H,9-15H2,1H3/t18-,19+,23?,24-/m0/s1. The highest BCUT2D eigenvalue weighted by Gasteiger charge is 2.70. The Morgan fingerprint density at radius 3 is 2.77 bits per heavy atom. The predicted octanol–water partition coefficient (Wildman–Crippen LogP) is 4.61. The molecule has 2 aliphatic carbocycles. The second-order valence-electron chi connectivity index (χ2n) is 9.37. The van der Waals surface area contributed by atoms with Gasteiger partial charge in [0.05, 0.1) is 7.11 Å². The van der Waals surface area contributed by atoms with Gasteiger partial charge in [-0.25, -0.2) is 8.78 Å². The van der Waals surface area contributed by atoms with E-state index in [9.17, 15) is 0 Å². The number of piperidine rings is 1. The van der Waals surface area contributed by atoms with Gasteiger partial charge in [0.15, 0.2) is 17.6 Å². The molecule has 1 saturated carbocycles. The minimum atomic E-state index is -2.80. The van der Waals surface area contributed by atoms with Crippen LogP contribution in [0.25, 0.3) is 0 Å². The zero-order valence-corrected chi connectivity index (χ0v) is 17.2. The number of hydrogen-bond donors (Lipinski definition) is 0. The molecule has 0 N–H and O–H groups in total. The van der Waals surface area contributed by atoms with E-state index >= 15 is 8.78 Å². The first-order valence-electron chi connectivity index (χ1n) is 11.1. The van der Waals surface area contributed by atoms with Crippen LogP contribution in [0.4, 0.5) is 8.78 Å². The Bertz CT molecular complexity index is 979. The Balaban J connectivity index is 1.40. The summed E-state index contributed by atoms with van der Waals surface area (Å²) in [6.45, 7) is 1.82.